The van der Waals surface area contributed by atoms with E-state index in [9.17, 15) is 0 Å². The minimum Gasteiger partial charge on any atom is -0.492 e. The first-order chi connectivity index (χ1) is 12.3. The van der Waals surface area contributed by atoms with Crippen LogP contribution in [0.25, 0.3) is 11.3 Å². The van der Waals surface area contributed by atoms with Crippen molar-refractivity contribution in [3.8, 4) is 17.0 Å². The Morgan fingerprint density at radius 2 is 1.48 bits per heavy atom. The van der Waals surface area contributed by atoms with Gasteiger partial charge in [0.1, 0.15) is 5.75 Å². The lowest BCUT2D eigenvalue weighted by Gasteiger charge is -2.07. The number of ether oxygens (including phenoxy) is 1. The van der Waals surface area contributed by atoms with Gasteiger partial charge in [-0.25, -0.2) is 0 Å². The van der Waals surface area contributed by atoms with E-state index in [0.29, 0.717) is 0 Å². The predicted molar refractivity (Wildman–Crippen MR) is 107 cm³/mol. The summed E-state index contributed by atoms with van der Waals surface area (Å²) in [4.78, 5) is 4.55. The SMILES string of the molecule is CCCCCCCc1ccc(-c2ccc(OCCCCC)cn2)cc1. The maximum atomic E-state index is 5.73. The first kappa shape index (κ1) is 19.5. The van der Waals surface area contributed by atoms with Crippen LogP contribution in [0, 0.1) is 0 Å². The highest BCUT2D eigenvalue weighted by Gasteiger charge is 2.01. The normalized spacial score (nSPS) is 10.8. The second kappa shape index (κ2) is 11.7. The number of pyridine rings is 1. The van der Waals surface area contributed by atoms with Gasteiger partial charge >= 0.3 is 0 Å². The van der Waals surface area contributed by atoms with Crippen molar-refractivity contribution >= 4 is 0 Å². The molecule has 0 amide bonds. The van der Waals surface area contributed by atoms with Gasteiger partial charge < -0.3 is 4.74 Å². The van der Waals surface area contributed by atoms with Gasteiger partial charge in [-0.1, -0.05) is 76.6 Å². The van der Waals surface area contributed by atoms with Crippen molar-refractivity contribution in [3.05, 3.63) is 48.2 Å². The molecule has 136 valence electrons. The molecule has 2 nitrogen and oxygen atoms in total. The van der Waals surface area contributed by atoms with Crippen LogP contribution in [-0.4, -0.2) is 11.6 Å². The van der Waals surface area contributed by atoms with Crippen LogP contribution < -0.4 is 4.74 Å². The fourth-order valence-corrected chi connectivity index (χ4v) is 2.95. The summed E-state index contributed by atoms with van der Waals surface area (Å²) < 4.78 is 5.73. The molecule has 1 aromatic carbocycles. The summed E-state index contributed by atoms with van der Waals surface area (Å²) in [6.45, 7) is 5.24. The van der Waals surface area contributed by atoms with Gasteiger partial charge in [-0.05, 0) is 37.0 Å². The molecule has 0 bridgehead atoms. The third-order valence-corrected chi connectivity index (χ3v) is 4.57. The monoisotopic (exact) mass is 339 g/mol. The Morgan fingerprint density at radius 3 is 2.16 bits per heavy atom. The van der Waals surface area contributed by atoms with Crippen molar-refractivity contribution in [2.45, 2.75) is 71.6 Å². The van der Waals surface area contributed by atoms with Gasteiger partial charge in [0.15, 0.2) is 0 Å². The Kier molecular flexibility index (Phi) is 9.11. The standard InChI is InChI=1S/C23H33NO/c1-3-5-7-8-9-11-20-12-14-21(15-13-20)23-17-16-22(19-24-23)25-18-10-6-4-2/h12-17,19H,3-11,18H2,1-2H3. The van der Waals surface area contributed by atoms with E-state index in [-0.39, 0.29) is 0 Å². The van der Waals surface area contributed by atoms with E-state index in [1.54, 1.807) is 0 Å². The molecule has 1 heterocycles. The van der Waals surface area contributed by atoms with E-state index in [2.05, 4.69) is 49.2 Å². The summed E-state index contributed by atoms with van der Waals surface area (Å²) in [5.41, 5.74) is 3.61. The molecular formula is C23H33NO. The quantitative estimate of drug-likeness (QED) is 0.395. The molecule has 0 N–H and O–H groups in total. The predicted octanol–water partition coefficient (Wildman–Crippen LogP) is 6.83. The lowest BCUT2D eigenvalue weighted by molar-refractivity contribution is 0.305. The zero-order valence-corrected chi connectivity index (χ0v) is 16.0. The van der Waals surface area contributed by atoms with Crippen molar-refractivity contribution in [1.82, 2.24) is 4.98 Å². The lowest BCUT2D eigenvalue weighted by Crippen LogP contribution is -1.97. The molecule has 0 saturated heterocycles. The first-order valence-corrected chi connectivity index (χ1v) is 10.0. The molecule has 0 radical (unpaired) electrons. The Bertz CT molecular complexity index is 574. The highest BCUT2D eigenvalue weighted by atomic mass is 16.5. The summed E-state index contributed by atoms with van der Waals surface area (Å²) in [6, 6.07) is 12.9. The van der Waals surface area contributed by atoms with Crippen LogP contribution in [0.2, 0.25) is 0 Å². The molecule has 0 unspecified atom stereocenters. The van der Waals surface area contributed by atoms with Gasteiger partial charge in [-0.3, -0.25) is 4.98 Å². The van der Waals surface area contributed by atoms with Gasteiger partial charge in [-0.15, -0.1) is 0 Å². The zero-order valence-electron chi connectivity index (χ0n) is 16.0. The maximum absolute atomic E-state index is 5.73. The largest absolute Gasteiger partial charge is 0.492 e. The molecule has 0 aliphatic carbocycles. The van der Waals surface area contributed by atoms with Crippen LogP contribution in [0.3, 0.4) is 0 Å². The number of aromatic nitrogens is 1. The van der Waals surface area contributed by atoms with Crippen molar-refractivity contribution in [2.24, 2.45) is 0 Å². The topological polar surface area (TPSA) is 22.1 Å². The Balaban J connectivity index is 1.80. The molecule has 1 aromatic heterocycles. The minimum absolute atomic E-state index is 0.780. The fraction of sp³-hybridized carbons (Fsp3) is 0.522. The fourth-order valence-electron chi connectivity index (χ4n) is 2.95. The van der Waals surface area contributed by atoms with Gasteiger partial charge in [0.2, 0.25) is 0 Å². The zero-order chi connectivity index (χ0) is 17.7. The average molecular weight is 340 g/mol. The summed E-state index contributed by atoms with van der Waals surface area (Å²) in [5, 5.41) is 0. The van der Waals surface area contributed by atoms with E-state index in [0.717, 1.165) is 24.5 Å². The van der Waals surface area contributed by atoms with E-state index in [4.69, 9.17) is 4.74 Å². The van der Waals surface area contributed by atoms with Gasteiger partial charge in [0.25, 0.3) is 0 Å². The molecule has 0 aliphatic heterocycles. The summed E-state index contributed by atoms with van der Waals surface area (Å²) in [6.07, 6.45) is 13.2. The van der Waals surface area contributed by atoms with Crippen molar-refractivity contribution < 1.29 is 4.74 Å². The number of hydrogen-bond donors (Lipinski definition) is 0. The number of benzene rings is 1. The number of aryl methyl sites for hydroxylation is 1. The number of hydrogen-bond acceptors (Lipinski definition) is 2. The number of rotatable bonds is 12. The van der Waals surface area contributed by atoms with Crippen LogP contribution in [0.5, 0.6) is 5.75 Å². The van der Waals surface area contributed by atoms with Crippen molar-refractivity contribution in [1.29, 1.82) is 0 Å². The molecule has 0 spiro atoms. The van der Waals surface area contributed by atoms with Crippen LogP contribution in [-0.2, 0) is 6.42 Å². The molecule has 2 rings (SSSR count). The van der Waals surface area contributed by atoms with Crippen LogP contribution in [0.15, 0.2) is 42.6 Å². The van der Waals surface area contributed by atoms with Crippen molar-refractivity contribution in [3.63, 3.8) is 0 Å². The second-order valence-electron chi connectivity index (χ2n) is 6.80. The maximum Gasteiger partial charge on any atom is 0.137 e. The number of nitrogens with zero attached hydrogens (tertiary/aromatic N) is 1. The van der Waals surface area contributed by atoms with E-state index < -0.39 is 0 Å². The Hall–Kier alpha value is -1.83. The van der Waals surface area contributed by atoms with Crippen molar-refractivity contribution in [2.75, 3.05) is 6.61 Å². The third kappa shape index (κ3) is 7.29. The Morgan fingerprint density at radius 1 is 0.760 bits per heavy atom. The molecule has 25 heavy (non-hydrogen) atoms. The molecule has 2 heteroatoms. The van der Waals surface area contributed by atoms with Gasteiger partial charge in [-0.2, -0.15) is 0 Å². The molecule has 0 saturated carbocycles. The van der Waals surface area contributed by atoms with Gasteiger partial charge in [0.05, 0.1) is 18.5 Å². The minimum atomic E-state index is 0.780. The molecule has 2 aromatic rings. The lowest BCUT2D eigenvalue weighted by atomic mass is 10.0. The average Bonchev–Trinajstić information content (AvgIpc) is 2.66. The smallest absolute Gasteiger partial charge is 0.137 e. The second-order valence-corrected chi connectivity index (χ2v) is 6.80. The number of unbranched alkanes of at least 4 members (excludes halogenated alkanes) is 6. The van der Waals surface area contributed by atoms with E-state index in [1.165, 1.54) is 62.5 Å². The molecule has 0 fully saturated rings. The van der Waals surface area contributed by atoms with E-state index in [1.807, 2.05) is 12.3 Å². The van der Waals surface area contributed by atoms with Crippen LogP contribution >= 0.6 is 0 Å². The highest BCUT2D eigenvalue weighted by Crippen LogP contribution is 2.21. The van der Waals surface area contributed by atoms with Crippen LogP contribution in [0.1, 0.15) is 70.8 Å². The first-order valence-electron chi connectivity index (χ1n) is 10.0. The summed E-state index contributed by atoms with van der Waals surface area (Å²) in [7, 11) is 0. The molecule has 0 aliphatic rings. The molecule has 0 atom stereocenters. The third-order valence-electron chi connectivity index (χ3n) is 4.57. The summed E-state index contributed by atoms with van der Waals surface area (Å²) >= 11 is 0. The van der Waals surface area contributed by atoms with Gasteiger partial charge in [0, 0.05) is 5.56 Å². The molecular weight excluding hydrogens is 306 g/mol. The van der Waals surface area contributed by atoms with E-state index >= 15 is 0 Å². The Labute approximate surface area is 153 Å². The highest BCUT2D eigenvalue weighted by molar-refractivity contribution is 5.59. The summed E-state index contributed by atoms with van der Waals surface area (Å²) in [5.74, 6) is 0.864. The van der Waals surface area contributed by atoms with Crippen LogP contribution in [0.4, 0.5) is 0 Å².